The van der Waals surface area contributed by atoms with Gasteiger partial charge >= 0.3 is 0 Å². The summed E-state index contributed by atoms with van der Waals surface area (Å²) in [5.41, 5.74) is 0. The third-order valence-electron chi connectivity index (χ3n) is 3.59. The first kappa shape index (κ1) is 13.3. The average molecular weight is 230 g/mol. The predicted octanol–water partition coefficient (Wildman–Crippen LogP) is 2.20. The van der Waals surface area contributed by atoms with Crippen molar-refractivity contribution in [3.8, 4) is 0 Å². The molecule has 0 amide bonds. The van der Waals surface area contributed by atoms with Crippen molar-refractivity contribution in [3.05, 3.63) is 0 Å². The van der Waals surface area contributed by atoms with Gasteiger partial charge in [-0.2, -0.15) is 11.8 Å². The summed E-state index contributed by atoms with van der Waals surface area (Å²) in [6.07, 6.45) is 6.11. The van der Waals surface area contributed by atoms with Gasteiger partial charge in [-0.05, 0) is 52.6 Å². The molecule has 2 nitrogen and oxygen atoms in total. The summed E-state index contributed by atoms with van der Waals surface area (Å²) in [6.45, 7) is 7.07. The van der Waals surface area contributed by atoms with E-state index in [-0.39, 0.29) is 0 Å². The Labute approximate surface area is 99.2 Å². The fourth-order valence-electron chi connectivity index (χ4n) is 2.08. The molecule has 3 unspecified atom stereocenters. The Hall–Kier alpha value is 0.270. The van der Waals surface area contributed by atoms with E-state index < -0.39 is 0 Å². The normalized spacial score (nSPS) is 30.4. The molecule has 0 spiro atoms. The molecule has 0 bridgehead atoms. The smallest absolute Gasteiger partial charge is 0.00940 e. The Kier molecular flexibility index (Phi) is 6.02. The monoisotopic (exact) mass is 230 g/mol. The third-order valence-corrected chi connectivity index (χ3v) is 4.64. The maximum Gasteiger partial charge on any atom is 0.00940 e. The van der Waals surface area contributed by atoms with E-state index in [0.29, 0.717) is 0 Å². The summed E-state index contributed by atoms with van der Waals surface area (Å²) >= 11 is 1.96. The molecular weight excluding hydrogens is 204 g/mol. The first-order valence-corrected chi connectivity index (χ1v) is 7.38. The molecule has 0 saturated carbocycles. The second kappa shape index (κ2) is 6.77. The van der Waals surface area contributed by atoms with Crippen LogP contribution in [0.4, 0.5) is 0 Å². The van der Waals surface area contributed by atoms with Crippen LogP contribution in [0.25, 0.3) is 0 Å². The number of likely N-dealkylation sites (tertiary alicyclic amines) is 1. The van der Waals surface area contributed by atoms with E-state index in [4.69, 9.17) is 0 Å². The SMILES string of the molecule is CSC(C)CCNC1CCN(C)C(C)C1. The lowest BCUT2D eigenvalue weighted by Gasteiger charge is -2.35. The zero-order valence-electron chi connectivity index (χ0n) is 10.6. The summed E-state index contributed by atoms with van der Waals surface area (Å²) in [5.74, 6) is 0. The van der Waals surface area contributed by atoms with Crippen LogP contribution < -0.4 is 5.32 Å². The minimum Gasteiger partial charge on any atom is -0.314 e. The number of thioether (sulfide) groups is 1. The van der Waals surface area contributed by atoms with Crippen LogP contribution in [-0.4, -0.2) is 48.6 Å². The topological polar surface area (TPSA) is 15.3 Å². The van der Waals surface area contributed by atoms with Gasteiger partial charge in [0.1, 0.15) is 0 Å². The number of hydrogen-bond donors (Lipinski definition) is 1. The van der Waals surface area contributed by atoms with Gasteiger partial charge in [0.05, 0.1) is 0 Å². The summed E-state index contributed by atoms with van der Waals surface area (Å²) in [5, 5.41) is 4.49. The maximum atomic E-state index is 3.70. The molecule has 0 aromatic carbocycles. The Bertz CT molecular complexity index is 175. The molecule has 3 heteroatoms. The minimum absolute atomic E-state index is 0.745. The zero-order valence-corrected chi connectivity index (χ0v) is 11.4. The molecule has 1 heterocycles. The van der Waals surface area contributed by atoms with Crippen molar-refractivity contribution in [1.82, 2.24) is 10.2 Å². The van der Waals surface area contributed by atoms with Crippen LogP contribution in [0.15, 0.2) is 0 Å². The highest BCUT2D eigenvalue weighted by molar-refractivity contribution is 7.99. The molecule has 15 heavy (non-hydrogen) atoms. The van der Waals surface area contributed by atoms with Crippen LogP contribution in [-0.2, 0) is 0 Å². The Balaban J connectivity index is 2.12. The lowest BCUT2D eigenvalue weighted by atomic mass is 9.99. The van der Waals surface area contributed by atoms with E-state index in [9.17, 15) is 0 Å². The van der Waals surface area contributed by atoms with E-state index in [1.54, 1.807) is 0 Å². The number of nitrogens with zero attached hydrogens (tertiary/aromatic N) is 1. The molecule has 1 aliphatic heterocycles. The first-order chi connectivity index (χ1) is 7.13. The van der Waals surface area contributed by atoms with Crippen molar-refractivity contribution >= 4 is 11.8 Å². The molecule has 1 fully saturated rings. The quantitative estimate of drug-likeness (QED) is 0.779. The van der Waals surface area contributed by atoms with Crippen LogP contribution in [0.5, 0.6) is 0 Å². The molecule has 3 atom stereocenters. The molecule has 1 aliphatic rings. The molecule has 1 saturated heterocycles. The van der Waals surface area contributed by atoms with E-state index >= 15 is 0 Å². The van der Waals surface area contributed by atoms with E-state index in [1.807, 2.05) is 11.8 Å². The van der Waals surface area contributed by atoms with Gasteiger partial charge in [0.2, 0.25) is 0 Å². The molecule has 0 aromatic heterocycles. The van der Waals surface area contributed by atoms with E-state index in [1.165, 1.54) is 32.4 Å². The lowest BCUT2D eigenvalue weighted by molar-refractivity contribution is 0.169. The number of nitrogens with one attached hydrogen (secondary N) is 1. The summed E-state index contributed by atoms with van der Waals surface area (Å²) in [6, 6.07) is 1.50. The van der Waals surface area contributed by atoms with Crippen molar-refractivity contribution in [1.29, 1.82) is 0 Å². The lowest BCUT2D eigenvalue weighted by Crippen LogP contribution is -2.45. The van der Waals surface area contributed by atoms with Gasteiger partial charge in [-0.1, -0.05) is 6.92 Å². The average Bonchev–Trinajstić information content (AvgIpc) is 2.23. The summed E-state index contributed by atoms with van der Waals surface area (Å²) in [4.78, 5) is 2.46. The van der Waals surface area contributed by atoms with Gasteiger partial charge in [-0.25, -0.2) is 0 Å². The number of piperidine rings is 1. The zero-order chi connectivity index (χ0) is 11.3. The second-order valence-electron chi connectivity index (χ2n) is 4.84. The summed E-state index contributed by atoms with van der Waals surface area (Å²) < 4.78 is 0. The first-order valence-electron chi connectivity index (χ1n) is 6.10. The van der Waals surface area contributed by atoms with Crippen molar-refractivity contribution in [2.24, 2.45) is 0 Å². The minimum atomic E-state index is 0.745. The Morgan fingerprint density at radius 3 is 2.87 bits per heavy atom. The summed E-state index contributed by atoms with van der Waals surface area (Å²) in [7, 11) is 2.23. The van der Waals surface area contributed by atoms with Gasteiger partial charge in [0.15, 0.2) is 0 Å². The molecule has 1 N–H and O–H groups in total. The van der Waals surface area contributed by atoms with Gasteiger partial charge in [-0.3, -0.25) is 0 Å². The standard InChI is InChI=1S/C12H26N2S/c1-10-9-12(6-8-14(10)3)13-7-5-11(2)15-4/h10-13H,5-9H2,1-4H3. The van der Waals surface area contributed by atoms with Crippen molar-refractivity contribution in [2.45, 2.75) is 50.4 Å². The number of hydrogen-bond acceptors (Lipinski definition) is 3. The molecular formula is C12H26N2S. The van der Waals surface area contributed by atoms with Gasteiger partial charge in [-0.15, -0.1) is 0 Å². The molecule has 1 rings (SSSR count). The number of rotatable bonds is 5. The second-order valence-corrected chi connectivity index (χ2v) is 6.12. The van der Waals surface area contributed by atoms with Crippen molar-refractivity contribution in [3.63, 3.8) is 0 Å². The van der Waals surface area contributed by atoms with Crippen LogP contribution in [0.2, 0.25) is 0 Å². The third kappa shape index (κ3) is 4.75. The molecule has 0 aromatic rings. The highest BCUT2D eigenvalue weighted by Gasteiger charge is 2.21. The molecule has 0 aliphatic carbocycles. The van der Waals surface area contributed by atoms with Gasteiger partial charge in [0, 0.05) is 17.3 Å². The Morgan fingerprint density at radius 2 is 2.27 bits per heavy atom. The van der Waals surface area contributed by atoms with Crippen molar-refractivity contribution < 1.29 is 0 Å². The van der Waals surface area contributed by atoms with Crippen LogP contribution in [0.1, 0.15) is 33.1 Å². The Morgan fingerprint density at radius 1 is 1.53 bits per heavy atom. The van der Waals surface area contributed by atoms with Gasteiger partial charge < -0.3 is 10.2 Å². The fraction of sp³-hybridized carbons (Fsp3) is 1.00. The molecule has 90 valence electrons. The van der Waals surface area contributed by atoms with E-state index in [0.717, 1.165) is 17.3 Å². The van der Waals surface area contributed by atoms with Crippen LogP contribution in [0.3, 0.4) is 0 Å². The fourth-order valence-corrected chi connectivity index (χ4v) is 2.44. The highest BCUT2D eigenvalue weighted by Crippen LogP contribution is 2.15. The van der Waals surface area contributed by atoms with Gasteiger partial charge in [0.25, 0.3) is 0 Å². The highest BCUT2D eigenvalue weighted by atomic mass is 32.2. The van der Waals surface area contributed by atoms with E-state index in [2.05, 4.69) is 37.4 Å². The largest absolute Gasteiger partial charge is 0.314 e. The maximum absolute atomic E-state index is 3.70. The predicted molar refractivity (Wildman–Crippen MR) is 70.7 cm³/mol. The molecule has 0 radical (unpaired) electrons. The van der Waals surface area contributed by atoms with Crippen LogP contribution in [0, 0.1) is 0 Å². The van der Waals surface area contributed by atoms with Crippen LogP contribution >= 0.6 is 11.8 Å². The van der Waals surface area contributed by atoms with Crippen molar-refractivity contribution in [2.75, 3.05) is 26.4 Å².